The molecule has 2 N–H and O–H groups in total. The van der Waals surface area contributed by atoms with Gasteiger partial charge in [0.15, 0.2) is 0 Å². The number of urea groups is 1. The van der Waals surface area contributed by atoms with Gasteiger partial charge < -0.3 is 20.1 Å². The molecule has 5 heteroatoms. The van der Waals surface area contributed by atoms with Crippen LogP contribution in [0.15, 0.2) is 54.6 Å². The van der Waals surface area contributed by atoms with Gasteiger partial charge in [0.05, 0.1) is 18.8 Å². The van der Waals surface area contributed by atoms with E-state index >= 15 is 0 Å². The first-order chi connectivity index (χ1) is 13.3. The fourth-order valence-electron chi connectivity index (χ4n) is 3.99. The summed E-state index contributed by atoms with van der Waals surface area (Å²) in [5.41, 5.74) is 2.23. The van der Waals surface area contributed by atoms with Gasteiger partial charge in [-0.05, 0) is 24.5 Å². The third-order valence-corrected chi connectivity index (χ3v) is 5.36. The third-order valence-electron chi connectivity index (χ3n) is 5.36. The number of fused-ring (bicyclic) bond motifs is 1. The zero-order valence-electron chi connectivity index (χ0n) is 15.4. The largest absolute Gasteiger partial charge is 0.493 e. The molecule has 5 nitrogen and oxygen atoms in total. The van der Waals surface area contributed by atoms with Crippen LogP contribution in [0.2, 0.25) is 0 Å². The van der Waals surface area contributed by atoms with Gasteiger partial charge in [-0.1, -0.05) is 48.5 Å². The topological polar surface area (TPSA) is 59.6 Å². The molecule has 142 valence electrons. The Morgan fingerprint density at radius 1 is 1.00 bits per heavy atom. The zero-order valence-corrected chi connectivity index (χ0v) is 15.4. The molecule has 3 atom stereocenters. The van der Waals surface area contributed by atoms with Crippen molar-refractivity contribution in [2.24, 2.45) is 5.92 Å². The Balaban J connectivity index is 1.35. The first-order valence-corrected chi connectivity index (χ1v) is 9.74. The number of para-hydroxylation sites is 1. The van der Waals surface area contributed by atoms with Gasteiger partial charge in [0.1, 0.15) is 5.75 Å². The van der Waals surface area contributed by atoms with E-state index in [0.717, 1.165) is 37.2 Å². The molecule has 2 aromatic rings. The molecule has 4 rings (SSSR count). The highest BCUT2D eigenvalue weighted by Crippen LogP contribution is 2.33. The average Bonchev–Trinajstić information content (AvgIpc) is 2.73. The van der Waals surface area contributed by atoms with Crippen LogP contribution in [-0.2, 0) is 4.74 Å². The Kier molecular flexibility index (Phi) is 5.58. The summed E-state index contributed by atoms with van der Waals surface area (Å²) in [6.45, 7) is 2.01. The molecule has 2 aliphatic heterocycles. The second-order valence-electron chi connectivity index (χ2n) is 7.19. The van der Waals surface area contributed by atoms with E-state index in [-0.39, 0.29) is 24.1 Å². The van der Waals surface area contributed by atoms with E-state index in [1.54, 1.807) is 0 Å². The highest BCUT2D eigenvalue weighted by Gasteiger charge is 2.28. The lowest BCUT2D eigenvalue weighted by Gasteiger charge is -2.32. The minimum Gasteiger partial charge on any atom is -0.493 e. The molecule has 2 aromatic carbocycles. The number of ether oxygens (including phenoxy) is 2. The van der Waals surface area contributed by atoms with Gasteiger partial charge in [-0.25, -0.2) is 4.79 Å². The van der Waals surface area contributed by atoms with Crippen molar-refractivity contribution in [1.82, 2.24) is 10.6 Å². The summed E-state index contributed by atoms with van der Waals surface area (Å²) in [7, 11) is 0. The SMILES string of the molecule is O=C(NC[C@@H]1CCCO[C@@H]1c1ccccc1)N[C@@H]1CCOc2ccccc21. The molecule has 0 spiro atoms. The van der Waals surface area contributed by atoms with E-state index in [0.29, 0.717) is 13.2 Å². The Hall–Kier alpha value is -2.53. The summed E-state index contributed by atoms with van der Waals surface area (Å²) in [4.78, 5) is 12.5. The van der Waals surface area contributed by atoms with Gasteiger partial charge in [-0.2, -0.15) is 0 Å². The smallest absolute Gasteiger partial charge is 0.315 e. The van der Waals surface area contributed by atoms with E-state index in [4.69, 9.17) is 9.47 Å². The number of hydrogen-bond acceptors (Lipinski definition) is 3. The van der Waals surface area contributed by atoms with Gasteiger partial charge in [0, 0.05) is 31.1 Å². The second-order valence-corrected chi connectivity index (χ2v) is 7.19. The number of benzene rings is 2. The fraction of sp³-hybridized carbons (Fsp3) is 0.409. The van der Waals surface area contributed by atoms with Crippen molar-refractivity contribution in [2.75, 3.05) is 19.8 Å². The van der Waals surface area contributed by atoms with E-state index in [2.05, 4.69) is 22.8 Å². The lowest BCUT2D eigenvalue weighted by molar-refractivity contribution is -0.0269. The van der Waals surface area contributed by atoms with Gasteiger partial charge in [0.2, 0.25) is 0 Å². The van der Waals surface area contributed by atoms with Crippen LogP contribution in [-0.4, -0.2) is 25.8 Å². The number of carbonyl (C=O) groups excluding carboxylic acids is 1. The molecule has 1 fully saturated rings. The number of nitrogens with one attached hydrogen (secondary N) is 2. The van der Waals surface area contributed by atoms with Gasteiger partial charge >= 0.3 is 6.03 Å². The van der Waals surface area contributed by atoms with Crippen LogP contribution >= 0.6 is 0 Å². The summed E-state index contributed by atoms with van der Waals surface area (Å²) in [6.07, 6.45) is 2.91. The van der Waals surface area contributed by atoms with Gasteiger partial charge in [0.25, 0.3) is 0 Å². The van der Waals surface area contributed by atoms with Crippen molar-refractivity contribution >= 4 is 6.03 Å². The van der Waals surface area contributed by atoms with Crippen LogP contribution in [0.4, 0.5) is 4.79 Å². The summed E-state index contributed by atoms with van der Waals surface area (Å²) < 4.78 is 11.7. The lowest BCUT2D eigenvalue weighted by atomic mass is 9.89. The Labute approximate surface area is 160 Å². The number of hydrogen-bond donors (Lipinski definition) is 2. The highest BCUT2D eigenvalue weighted by atomic mass is 16.5. The number of amides is 2. The first-order valence-electron chi connectivity index (χ1n) is 9.74. The van der Waals surface area contributed by atoms with Crippen molar-refractivity contribution < 1.29 is 14.3 Å². The Bertz CT molecular complexity index is 765. The van der Waals surface area contributed by atoms with Crippen LogP contribution in [0.3, 0.4) is 0 Å². The molecule has 2 amide bonds. The van der Waals surface area contributed by atoms with Gasteiger partial charge in [-0.15, -0.1) is 0 Å². The van der Waals surface area contributed by atoms with Crippen LogP contribution in [0, 0.1) is 5.92 Å². The lowest BCUT2D eigenvalue weighted by Crippen LogP contribution is -2.43. The van der Waals surface area contributed by atoms with Crippen molar-refractivity contribution in [1.29, 1.82) is 0 Å². The molecule has 0 radical (unpaired) electrons. The molecule has 2 aliphatic rings. The summed E-state index contributed by atoms with van der Waals surface area (Å²) in [5, 5.41) is 6.16. The fourth-order valence-corrected chi connectivity index (χ4v) is 3.99. The average molecular weight is 366 g/mol. The molecule has 0 aromatic heterocycles. The van der Waals surface area contributed by atoms with Crippen molar-refractivity contribution in [3.8, 4) is 5.75 Å². The standard InChI is InChI=1S/C22H26N2O3/c25-22(24-19-12-14-26-20-11-5-4-10-18(19)20)23-15-17-9-6-13-27-21(17)16-7-2-1-3-8-16/h1-5,7-8,10-11,17,19,21H,6,9,12-15H2,(H2,23,24,25)/t17-,19+,21+/m0/s1. The van der Waals surface area contributed by atoms with Gasteiger partial charge in [-0.3, -0.25) is 0 Å². The zero-order chi connectivity index (χ0) is 18.5. The minimum absolute atomic E-state index is 0.0116. The molecule has 2 heterocycles. The quantitative estimate of drug-likeness (QED) is 0.861. The predicted octanol–water partition coefficient (Wildman–Crippen LogP) is 3.98. The van der Waals surface area contributed by atoms with E-state index < -0.39 is 0 Å². The van der Waals surface area contributed by atoms with Crippen molar-refractivity contribution in [3.63, 3.8) is 0 Å². The second kappa shape index (κ2) is 8.44. The minimum atomic E-state index is -0.130. The maximum Gasteiger partial charge on any atom is 0.315 e. The molecule has 0 unspecified atom stereocenters. The van der Waals surface area contributed by atoms with Crippen LogP contribution < -0.4 is 15.4 Å². The van der Waals surface area contributed by atoms with E-state index in [1.807, 2.05) is 42.5 Å². The van der Waals surface area contributed by atoms with Crippen LogP contribution in [0.5, 0.6) is 5.75 Å². The normalized spacial score (nSPS) is 24.4. The summed E-state index contributed by atoms with van der Waals surface area (Å²) in [5.74, 6) is 1.15. The summed E-state index contributed by atoms with van der Waals surface area (Å²) in [6, 6.07) is 18.0. The van der Waals surface area contributed by atoms with Crippen molar-refractivity contribution in [2.45, 2.75) is 31.4 Å². The predicted molar refractivity (Wildman–Crippen MR) is 104 cm³/mol. The highest BCUT2D eigenvalue weighted by molar-refractivity contribution is 5.74. The maximum absolute atomic E-state index is 12.5. The first kappa shape index (κ1) is 17.9. The van der Waals surface area contributed by atoms with Crippen molar-refractivity contribution in [3.05, 3.63) is 65.7 Å². The Morgan fingerprint density at radius 3 is 2.70 bits per heavy atom. The monoisotopic (exact) mass is 366 g/mol. The van der Waals surface area contributed by atoms with Crippen LogP contribution in [0.1, 0.15) is 42.5 Å². The molecule has 0 aliphatic carbocycles. The molecule has 1 saturated heterocycles. The molecule has 0 saturated carbocycles. The molecular formula is C22H26N2O3. The third kappa shape index (κ3) is 4.25. The van der Waals surface area contributed by atoms with Crippen LogP contribution in [0.25, 0.3) is 0 Å². The number of rotatable bonds is 4. The molecule has 0 bridgehead atoms. The maximum atomic E-state index is 12.5. The van der Waals surface area contributed by atoms with E-state index in [1.165, 1.54) is 5.56 Å². The Morgan fingerprint density at radius 2 is 1.81 bits per heavy atom. The number of carbonyl (C=O) groups is 1. The molecular weight excluding hydrogens is 340 g/mol. The van der Waals surface area contributed by atoms with E-state index in [9.17, 15) is 4.79 Å². The summed E-state index contributed by atoms with van der Waals surface area (Å²) >= 11 is 0. The molecule has 27 heavy (non-hydrogen) atoms.